The number of nitrogens with zero attached hydrogens (tertiary/aromatic N) is 2. The van der Waals surface area contributed by atoms with Crippen LogP contribution in [0.3, 0.4) is 0 Å². The van der Waals surface area contributed by atoms with Crippen LogP contribution in [0.2, 0.25) is 5.02 Å². The summed E-state index contributed by atoms with van der Waals surface area (Å²) in [5, 5.41) is 3.61. The Morgan fingerprint density at radius 1 is 1.09 bits per heavy atom. The Labute approximate surface area is 200 Å². The third kappa shape index (κ3) is 4.84. The second-order valence-electron chi connectivity index (χ2n) is 8.71. The number of amidine groups is 1. The van der Waals surface area contributed by atoms with E-state index in [9.17, 15) is 13.2 Å². The van der Waals surface area contributed by atoms with E-state index in [2.05, 4.69) is 9.71 Å². The van der Waals surface area contributed by atoms with Gasteiger partial charge in [-0.3, -0.25) is 4.79 Å². The highest BCUT2D eigenvalue weighted by molar-refractivity contribution is 8.00. The fourth-order valence-electron chi connectivity index (χ4n) is 4.39. The van der Waals surface area contributed by atoms with Gasteiger partial charge in [0.15, 0.2) is 0 Å². The maximum absolute atomic E-state index is 12.9. The summed E-state index contributed by atoms with van der Waals surface area (Å²) in [5.41, 5.74) is 4.38. The molecule has 2 aliphatic rings. The van der Waals surface area contributed by atoms with Crippen LogP contribution in [0.25, 0.3) is 4.91 Å². The van der Waals surface area contributed by atoms with Gasteiger partial charge < -0.3 is 10.2 Å². The molecule has 2 aromatic rings. The molecular weight excluding hydrogens is 458 g/mol. The van der Waals surface area contributed by atoms with Crippen LogP contribution >= 0.6 is 11.6 Å². The molecule has 6 nitrogen and oxygen atoms in total. The summed E-state index contributed by atoms with van der Waals surface area (Å²) in [6.45, 7) is 7.34. The number of aryl methyl sites for hydroxylation is 2. The Kier molecular flexibility index (Phi) is 6.64. The van der Waals surface area contributed by atoms with Crippen molar-refractivity contribution in [3.05, 3.63) is 75.3 Å². The van der Waals surface area contributed by atoms with Crippen LogP contribution in [-0.4, -0.2) is 38.2 Å². The molecule has 2 heterocycles. The average molecular weight is 486 g/mol. The lowest BCUT2D eigenvalue weighted by Crippen LogP contribution is -2.43. The van der Waals surface area contributed by atoms with Gasteiger partial charge in [0.1, 0.15) is 10.7 Å². The minimum Gasteiger partial charge on any atom is -0.356 e. The number of hydrogen-bond donors (Lipinski definition) is 1. The van der Waals surface area contributed by atoms with Crippen LogP contribution in [0.4, 0.5) is 0 Å². The molecule has 0 aromatic heterocycles. The summed E-state index contributed by atoms with van der Waals surface area (Å²) in [6.07, 6.45) is 1.28. The van der Waals surface area contributed by atoms with E-state index in [1.807, 2.05) is 62.1 Å². The van der Waals surface area contributed by atoms with Gasteiger partial charge in [-0.05, 0) is 61.9 Å². The second-order valence-corrected chi connectivity index (χ2v) is 10.7. The largest absolute Gasteiger partial charge is 0.356 e. The molecule has 8 heteroatoms. The zero-order valence-corrected chi connectivity index (χ0v) is 20.6. The fourth-order valence-corrected chi connectivity index (χ4v) is 6.06. The van der Waals surface area contributed by atoms with Gasteiger partial charge in [-0.1, -0.05) is 48.0 Å². The number of carbonyl (C=O) groups is 1. The standard InChI is InChI=1S/C25H28ClN3O3S/c1-16-8-9-20(14-17(16)2)23-18(3)24(28-33(23,31)32)29-12-10-19(11-13-29)25(30)27-15-21-6-4-5-7-22(21)26/h4-9,14,19H,10-13,15H2,1-3H3,(H,27,30). The van der Waals surface area contributed by atoms with Gasteiger partial charge in [0.2, 0.25) is 5.91 Å². The number of benzene rings is 2. The minimum atomic E-state index is -3.76. The van der Waals surface area contributed by atoms with E-state index in [-0.39, 0.29) is 16.7 Å². The zero-order valence-electron chi connectivity index (χ0n) is 19.1. The molecule has 4 rings (SSSR count). The highest BCUT2D eigenvalue weighted by Crippen LogP contribution is 2.35. The predicted octanol–water partition coefficient (Wildman–Crippen LogP) is 4.46. The van der Waals surface area contributed by atoms with Crippen LogP contribution in [0.5, 0.6) is 0 Å². The van der Waals surface area contributed by atoms with E-state index in [1.54, 1.807) is 6.07 Å². The fraction of sp³-hybridized carbons (Fsp3) is 0.360. The van der Waals surface area contributed by atoms with Gasteiger partial charge in [0.25, 0.3) is 10.0 Å². The molecule has 0 aliphatic carbocycles. The molecule has 1 amide bonds. The van der Waals surface area contributed by atoms with Gasteiger partial charge in [0.05, 0.1) is 0 Å². The molecule has 1 fully saturated rings. The number of nitrogens with one attached hydrogen (secondary N) is 1. The topological polar surface area (TPSA) is 78.8 Å². The number of rotatable bonds is 4. The van der Waals surface area contributed by atoms with Crippen molar-refractivity contribution in [1.29, 1.82) is 0 Å². The summed E-state index contributed by atoms with van der Waals surface area (Å²) in [4.78, 5) is 14.9. The molecular formula is C25H28ClN3O3S. The van der Waals surface area contributed by atoms with Crippen molar-refractivity contribution in [3.8, 4) is 0 Å². The molecule has 0 bridgehead atoms. The van der Waals surface area contributed by atoms with Crippen molar-refractivity contribution in [3.63, 3.8) is 0 Å². The number of carbonyl (C=O) groups excluding carboxylic acids is 1. The van der Waals surface area contributed by atoms with Crippen molar-refractivity contribution >= 4 is 38.3 Å². The number of sulfonamides is 1. The van der Waals surface area contributed by atoms with E-state index in [0.717, 1.165) is 16.7 Å². The van der Waals surface area contributed by atoms with Gasteiger partial charge >= 0.3 is 0 Å². The Hall–Kier alpha value is -2.64. The van der Waals surface area contributed by atoms with Crippen molar-refractivity contribution in [2.75, 3.05) is 13.1 Å². The number of halogens is 1. The smallest absolute Gasteiger partial charge is 0.285 e. The highest BCUT2D eigenvalue weighted by atomic mass is 35.5. The lowest BCUT2D eigenvalue weighted by atomic mass is 9.95. The monoisotopic (exact) mass is 485 g/mol. The third-order valence-corrected chi connectivity index (χ3v) is 8.33. The first-order valence-electron chi connectivity index (χ1n) is 11.1. The Balaban J connectivity index is 1.43. The first kappa shape index (κ1) is 23.5. The van der Waals surface area contributed by atoms with E-state index in [0.29, 0.717) is 54.5 Å². The van der Waals surface area contributed by atoms with Crippen LogP contribution < -0.4 is 5.32 Å². The second kappa shape index (κ2) is 9.31. The quantitative estimate of drug-likeness (QED) is 0.693. The summed E-state index contributed by atoms with van der Waals surface area (Å²) in [5.74, 6) is 0.377. The summed E-state index contributed by atoms with van der Waals surface area (Å²) in [7, 11) is -3.76. The average Bonchev–Trinajstić information content (AvgIpc) is 3.03. The van der Waals surface area contributed by atoms with Crippen molar-refractivity contribution in [1.82, 2.24) is 10.2 Å². The van der Waals surface area contributed by atoms with Crippen molar-refractivity contribution < 1.29 is 13.2 Å². The van der Waals surface area contributed by atoms with Crippen LogP contribution in [0.1, 0.15) is 42.0 Å². The molecule has 2 aromatic carbocycles. The van der Waals surface area contributed by atoms with E-state index in [4.69, 9.17) is 11.6 Å². The highest BCUT2D eigenvalue weighted by Gasteiger charge is 2.35. The molecule has 0 spiro atoms. The Bertz CT molecular complexity index is 1260. The number of piperidine rings is 1. The first-order chi connectivity index (χ1) is 15.7. The molecule has 0 radical (unpaired) electrons. The van der Waals surface area contributed by atoms with Crippen LogP contribution in [0, 0.1) is 19.8 Å². The molecule has 0 unspecified atom stereocenters. The molecule has 0 saturated carbocycles. The number of amides is 1. The summed E-state index contributed by atoms with van der Waals surface area (Å²) in [6, 6.07) is 13.1. The lowest BCUT2D eigenvalue weighted by molar-refractivity contribution is -0.126. The third-order valence-electron chi connectivity index (χ3n) is 6.49. The molecule has 174 valence electrons. The van der Waals surface area contributed by atoms with E-state index >= 15 is 0 Å². The molecule has 1 N–H and O–H groups in total. The zero-order chi connectivity index (χ0) is 23.8. The van der Waals surface area contributed by atoms with E-state index < -0.39 is 10.0 Å². The SMILES string of the molecule is CC1=C(c2ccc(C)c(C)c2)S(=O)(=O)N=C1N1CCC(C(=O)NCc2ccccc2Cl)CC1. The van der Waals surface area contributed by atoms with Gasteiger partial charge in [-0.25, -0.2) is 0 Å². The van der Waals surface area contributed by atoms with Crippen LogP contribution in [0.15, 0.2) is 52.4 Å². The predicted molar refractivity (Wildman–Crippen MR) is 132 cm³/mol. The summed E-state index contributed by atoms with van der Waals surface area (Å²) < 4.78 is 29.9. The maximum Gasteiger partial charge on any atom is 0.285 e. The van der Waals surface area contributed by atoms with Gasteiger partial charge in [0, 0.05) is 36.1 Å². The molecule has 2 aliphatic heterocycles. The number of likely N-dealkylation sites (tertiary alicyclic amines) is 1. The molecule has 1 saturated heterocycles. The van der Waals surface area contributed by atoms with Crippen molar-refractivity contribution in [2.45, 2.75) is 40.2 Å². The van der Waals surface area contributed by atoms with Crippen LogP contribution in [-0.2, 0) is 21.4 Å². The number of hydrogen-bond acceptors (Lipinski definition) is 4. The Morgan fingerprint density at radius 3 is 2.45 bits per heavy atom. The maximum atomic E-state index is 12.9. The molecule has 33 heavy (non-hydrogen) atoms. The minimum absolute atomic E-state index is 0.00126. The van der Waals surface area contributed by atoms with E-state index in [1.165, 1.54) is 0 Å². The van der Waals surface area contributed by atoms with Crippen molar-refractivity contribution in [2.24, 2.45) is 10.3 Å². The normalized spacial score (nSPS) is 18.4. The lowest BCUT2D eigenvalue weighted by Gasteiger charge is -2.32. The van der Waals surface area contributed by atoms with Gasteiger partial charge in [-0.2, -0.15) is 8.42 Å². The Morgan fingerprint density at radius 2 is 1.79 bits per heavy atom. The molecule has 0 atom stereocenters. The first-order valence-corrected chi connectivity index (χ1v) is 12.9. The summed E-state index contributed by atoms with van der Waals surface area (Å²) >= 11 is 6.17. The van der Waals surface area contributed by atoms with Gasteiger partial charge in [-0.15, -0.1) is 4.40 Å².